The molecule has 3 rings (SSSR count). The summed E-state index contributed by atoms with van der Waals surface area (Å²) in [5.74, 6) is 0.800. The van der Waals surface area contributed by atoms with Crippen molar-refractivity contribution in [3.63, 3.8) is 0 Å². The molecule has 0 aliphatic carbocycles. The van der Waals surface area contributed by atoms with Crippen LogP contribution in [0.2, 0.25) is 0 Å². The van der Waals surface area contributed by atoms with Crippen LogP contribution in [0.3, 0.4) is 0 Å². The molecule has 0 saturated carbocycles. The number of ether oxygens (including phenoxy) is 1. The Morgan fingerprint density at radius 1 is 1.03 bits per heavy atom. The third-order valence-electron chi connectivity index (χ3n) is 5.11. The number of rotatable bonds is 5. The SMILES string of the molecule is COc1ccc(Br)c(C(=O)N2CCN(S(=O)(=O)c3ccc(C(C)C)cc3)CC2)c1. The van der Waals surface area contributed by atoms with Gasteiger partial charge in [-0.1, -0.05) is 26.0 Å². The van der Waals surface area contributed by atoms with Crippen LogP contribution >= 0.6 is 15.9 Å². The number of carbonyl (C=O) groups is 1. The highest BCUT2D eigenvalue weighted by atomic mass is 79.9. The fourth-order valence-corrected chi connectivity index (χ4v) is 5.11. The Labute approximate surface area is 180 Å². The maximum Gasteiger partial charge on any atom is 0.255 e. The van der Waals surface area contributed by atoms with E-state index in [2.05, 4.69) is 29.8 Å². The second kappa shape index (κ2) is 8.85. The Morgan fingerprint density at radius 2 is 1.66 bits per heavy atom. The van der Waals surface area contributed by atoms with E-state index < -0.39 is 10.0 Å². The van der Waals surface area contributed by atoms with Crippen LogP contribution in [0, 0.1) is 0 Å². The monoisotopic (exact) mass is 480 g/mol. The van der Waals surface area contributed by atoms with Gasteiger partial charge in [0, 0.05) is 30.7 Å². The van der Waals surface area contributed by atoms with Crippen molar-refractivity contribution in [2.45, 2.75) is 24.7 Å². The Balaban J connectivity index is 1.70. The summed E-state index contributed by atoms with van der Waals surface area (Å²) in [6.45, 7) is 5.35. The lowest BCUT2D eigenvalue weighted by molar-refractivity contribution is 0.0696. The van der Waals surface area contributed by atoms with Gasteiger partial charge >= 0.3 is 0 Å². The first-order chi connectivity index (χ1) is 13.7. The van der Waals surface area contributed by atoms with E-state index >= 15 is 0 Å². The molecule has 1 aliphatic rings. The van der Waals surface area contributed by atoms with Crippen molar-refractivity contribution in [1.29, 1.82) is 0 Å². The molecule has 1 amide bonds. The molecule has 0 N–H and O–H groups in total. The van der Waals surface area contributed by atoms with Crippen LogP contribution in [-0.4, -0.2) is 56.8 Å². The average Bonchev–Trinajstić information content (AvgIpc) is 2.73. The minimum absolute atomic E-state index is 0.144. The number of hydrogen-bond donors (Lipinski definition) is 0. The van der Waals surface area contributed by atoms with Gasteiger partial charge in [-0.05, 0) is 57.7 Å². The smallest absolute Gasteiger partial charge is 0.255 e. The molecule has 0 bridgehead atoms. The first-order valence-electron chi connectivity index (χ1n) is 9.47. The van der Waals surface area contributed by atoms with Gasteiger partial charge in [-0.3, -0.25) is 4.79 Å². The van der Waals surface area contributed by atoms with Gasteiger partial charge < -0.3 is 9.64 Å². The third kappa shape index (κ3) is 4.65. The van der Waals surface area contributed by atoms with Crippen molar-refractivity contribution < 1.29 is 17.9 Å². The number of methoxy groups -OCH3 is 1. The zero-order valence-electron chi connectivity index (χ0n) is 16.8. The van der Waals surface area contributed by atoms with Crippen molar-refractivity contribution in [2.24, 2.45) is 0 Å². The van der Waals surface area contributed by atoms with Gasteiger partial charge in [0.15, 0.2) is 0 Å². The van der Waals surface area contributed by atoms with E-state index in [1.54, 1.807) is 42.3 Å². The summed E-state index contributed by atoms with van der Waals surface area (Å²) in [5, 5.41) is 0. The molecule has 0 atom stereocenters. The minimum Gasteiger partial charge on any atom is -0.497 e. The molecule has 1 saturated heterocycles. The van der Waals surface area contributed by atoms with Crippen molar-refractivity contribution in [2.75, 3.05) is 33.3 Å². The summed E-state index contributed by atoms with van der Waals surface area (Å²) >= 11 is 3.41. The average molecular weight is 481 g/mol. The van der Waals surface area contributed by atoms with Crippen LogP contribution in [0.15, 0.2) is 51.8 Å². The topological polar surface area (TPSA) is 66.9 Å². The first kappa shape index (κ1) is 21.8. The number of carbonyl (C=O) groups excluding carboxylic acids is 1. The van der Waals surface area contributed by atoms with Gasteiger partial charge in [-0.25, -0.2) is 8.42 Å². The number of piperazine rings is 1. The predicted molar refractivity (Wildman–Crippen MR) is 116 cm³/mol. The normalized spacial score (nSPS) is 15.6. The zero-order chi connectivity index (χ0) is 21.2. The fraction of sp³-hybridized carbons (Fsp3) is 0.381. The molecule has 156 valence electrons. The maximum absolute atomic E-state index is 13.0. The van der Waals surface area contributed by atoms with E-state index in [9.17, 15) is 13.2 Å². The first-order valence-corrected chi connectivity index (χ1v) is 11.7. The largest absolute Gasteiger partial charge is 0.497 e. The summed E-state index contributed by atoms with van der Waals surface area (Å²) in [6, 6.07) is 12.3. The second-order valence-corrected chi connectivity index (χ2v) is 10.1. The van der Waals surface area contributed by atoms with Gasteiger partial charge in [0.25, 0.3) is 5.91 Å². The molecule has 1 heterocycles. The van der Waals surface area contributed by atoms with E-state index in [-0.39, 0.29) is 23.9 Å². The Bertz CT molecular complexity index is 982. The van der Waals surface area contributed by atoms with Gasteiger partial charge in [0.1, 0.15) is 5.75 Å². The Morgan fingerprint density at radius 3 is 2.21 bits per heavy atom. The Hall–Kier alpha value is -1.90. The van der Waals surface area contributed by atoms with E-state index in [1.165, 1.54) is 4.31 Å². The lowest BCUT2D eigenvalue weighted by atomic mass is 10.0. The number of nitrogens with zero attached hydrogens (tertiary/aromatic N) is 2. The molecular formula is C21H25BrN2O4S. The summed E-state index contributed by atoms with van der Waals surface area (Å²) < 4.78 is 33.2. The summed E-state index contributed by atoms with van der Waals surface area (Å²) in [6.07, 6.45) is 0. The van der Waals surface area contributed by atoms with Crippen molar-refractivity contribution >= 4 is 31.9 Å². The lowest BCUT2D eigenvalue weighted by Crippen LogP contribution is -2.50. The molecule has 29 heavy (non-hydrogen) atoms. The molecule has 1 fully saturated rings. The molecule has 0 radical (unpaired) electrons. The highest BCUT2D eigenvalue weighted by Gasteiger charge is 2.31. The van der Waals surface area contributed by atoms with Crippen LogP contribution in [-0.2, 0) is 10.0 Å². The van der Waals surface area contributed by atoms with Gasteiger partial charge in [0.05, 0.1) is 17.6 Å². The van der Waals surface area contributed by atoms with E-state index in [0.29, 0.717) is 34.8 Å². The van der Waals surface area contributed by atoms with Gasteiger partial charge in [-0.2, -0.15) is 4.31 Å². The van der Waals surface area contributed by atoms with E-state index in [0.717, 1.165) is 5.56 Å². The molecule has 0 unspecified atom stereocenters. The predicted octanol–water partition coefficient (Wildman–Crippen LogP) is 3.73. The van der Waals surface area contributed by atoms with Crippen molar-refractivity contribution in [3.8, 4) is 5.75 Å². The van der Waals surface area contributed by atoms with Gasteiger partial charge in [0.2, 0.25) is 10.0 Å². The van der Waals surface area contributed by atoms with Crippen LogP contribution in [0.5, 0.6) is 5.75 Å². The summed E-state index contributed by atoms with van der Waals surface area (Å²) in [4.78, 5) is 14.9. The van der Waals surface area contributed by atoms with Crippen molar-refractivity contribution in [3.05, 3.63) is 58.1 Å². The van der Waals surface area contributed by atoms with Crippen LogP contribution < -0.4 is 4.74 Å². The van der Waals surface area contributed by atoms with Gasteiger partial charge in [-0.15, -0.1) is 0 Å². The number of halogens is 1. The van der Waals surface area contributed by atoms with E-state index in [1.807, 2.05) is 12.1 Å². The Kier molecular flexibility index (Phi) is 6.65. The van der Waals surface area contributed by atoms with E-state index in [4.69, 9.17) is 4.74 Å². The van der Waals surface area contributed by atoms with Crippen LogP contribution in [0.4, 0.5) is 0 Å². The molecule has 2 aromatic carbocycles. The van der Waals surface area contributed by atoms with Crippen LogP contribution in [0.25, 0.3) is 0 Å². The maximum atomic E-state index is 13.0. The molecule has 2 aromatic rings. The standard InChI is InChI=1S/C21H25BrN2O4S/c1-15(2)16-4-7-18(8-5-16)29(26,27)24-12-10-23(11-13-24)21(25)19-14-17(28-3)6-9-20(19)22/h4-9,14-15H,10-13H2,1-3H3. The number of benzene rings is 2. The quantitative estimate of drug-likeness (QED) is 0.653. The highest BCUT2D eigenvalue weighted by molar-refractivity contribution is 9.10. The summed E-state index contributed by atoms with van der Waals surface area (Å²) in [7, 11) is -2.02. The zero-order valence-corrected chi connectivity index (χ0v) is 19.2. The number of sulfonamides is 1. The minimum atomic E-state index is -3.57. The van der Waals surface area contributed by atoms with Crippen molar-refractivity contribution in [1.82, 2.24) is 9.21 Å². The molecule has 1 aliphatic heterocycles. The number of hydrogen-bond acceptors (Lipinski definition) is 4. The highest BCUT2D eigenvalue weighted by Crippen LogP contribution is 2.25. The number of amides is 1. The molecule has 0 spiro atoms. The lowest BCUT2D eigenvalue weighted by Gasteiger charge is -2.34. The molecular weight excluding hydrogens is 456 g/mol. The van der Waals surface area contributed by atoms with Crippen LogP contribution in [0.1, 0.15) is 35.7 Å². The summed E-state index contributed by atoms with van der Waals surface area (Å²) in [5.41, 5.74) is 1.60. The fourth-order valence-electron chi connectivity index (χ4n) is 3.27. The molecule has 8 heteroatoms. The molecule has 6 nitrogen and oxygen atoms in total. The second-order valence-electron chi connectivity index (χ2n) is 7.27. The third-order valence-corrected chi connectivity index (χ3v) is 7.72. The molecule has 0 aromatic heterocycles.